The molecule has 1 aromatic heterocycles. The Hall–Kier alpha value is -2.12. The van der Waals surface area contributed by atoms with Gasteiger partial charge < -0.3 is 9.88 Å². The van der Waals surface area contributed by atoms with Crippen LogP contribution in [0.1, 0.15) is 51.3 Å². The minimum absolute atomic E-state index is 0.0947. The van der Waals surface area contributed by atoms with E-state index in [0.29, 0.717) is 6.54 Å². The van der Waals surface area contributed by atoms with Crippen LogP contribution < -0.4 is 10.7 Å². The number of hydrazine groups is 1. The number of alkyl halides is 1. The number of β-lactam (4-membered cyclic amide) rings is 1. The fourth-order valence-electron chi connectivity index (χ4n) is 3.79. The van der Waals surface area contributed by atoms with E-state index in [1.807, 2.05) is 35.9 Å². The molecule has 2 heterocycles. The van der Waals surface area contributed by atoms with Crippen molar-refractivity contribution in [2.24, 2.45) is 0 Å². The van der Waals surface area contributed by atoms with Crippen molar-refractivity contribution < 1.29 is 9.59 Å². The second-order valence-corrected chi connectivity index (χ2v) is 8.02. The lowest BCUT2D eigenvalue weighted by Crippen LogP contribution is -2.68. The molecule has 0 bridgehead atoms. The van der Waals surface area contributed by atoms with Gasteiger partial charge in [-0.3, -0.25) is 15.0 Å². The number of hydrogen-bond acceptors (Lipinski definition) is 4. The molecule has 2 aromatic rings. The Bertz CT molecular complexity index is 853. The van der Waals surface area contributed by atoms with Gasteiger partial charge in [0.25, 0.3) is 11.8 Å². The number of imidazole rings is 1. The van der Waals surface area contributed by atoms with Crippen molar-refractivity contribution in [1.82, 2.24) is 25.3 Å². The number of aromatic nitrogens is 2. The average Bonchev–Trinajstić information content (AvgIpc) is 3.06. The SMILES string of the molecule is CCCCCCC[C@@H]1[C@H](Cl)C(=O)N1NC(=O)Cn1c(CNC)nc2ccccc21. The van der Waals surface area contributed by atoms with E-state index in [0.717, 1.165) is 36.1 Å². The molecule has 2 N–H and O–H groups in total. The Morgan fingerprint density at radius 3 is 2.72 bits per heavy atom. The predicted molar refractivity (Wildman–Crippen MR) is 114 cm³/mol. The number of halogens is 1. The van der Waals surface area contributed by atoms with Crippen LogP contribution in [0.2, 0.25) is 0 Å². The number of hydrogen-bond donors (Lipinski definition) is 2. The summed E-state index contributed by atoms with van der Waals surface area (Å²) < 4.78 is 1.88. The second kappa shape index (κ2) is 10.1. The number of carbonyl (C=O) groups excluding carboxylic acids is 2. The van der Waals surface area contributed by atoms with E-state index >= 15 is 0 Å². The van der Waals surface area contributed by atoms with Crippen molar-refractivity contribution in [1.29, 1.82) is 0 Å². The van der Waals surface area contributed by atoms with E-state index in [-0.39, 0.29) is 24.4 Å². The van der Waals surface area contributed by atoms with Crippen molar-refractivity contribution in [2.75, 3.05) is 7.05 Å². The van der Waals surface area contributed by atoms with Crippen LogP contribution >= 0.6 is 11.6 Å². The molecule has 0 spiro atoms. The molecule has 8 heteroatoms. The van der Waals surface area contributed by atoms with Gasteiger partial charge in [0, 0.05) is 0 Å². The number of amides is 2. The van der Waals surface area contributed by atoms with E-state index in [9.17, 15) is 9.59 Å². The maximum Gasteiger partial charge on any atom is 0.261 e. The summed E-state index contributed by atoms with van der Waals surface area (Å²) in [4.78, 5) is 29.5. The molecule has 1 aromatic carbocycles. The van der Waals surface area contributed by atoms with Crippen LogP contribution in [0.15, 0.2) is 24.3 Å². The largest absolute Gasteiger partial charge is 0.317 e. The molecular formula is C21H30ClN5O2. The standard InChI is InChI=1S/C21H30ClN5O2/c1-3-4-5-6-7-12-17-20(22)21(29)27(17)25-19(28)14-26-16-11-9-8-10-15(16)24-18(26)13-23-2/h8-11,17,20,23H,3-7,12-14H2,1-2H3,(H,25,28)/t17-,20+/m1/s1. The molecule has 1 aliphatic rings. The molecule has 0 saturated carbocycles. The van der Waals surface area contributed by atoms with Gasteiger partial charge >= 0.3 is 0 Å². The van der Waals surface area contributed by atoms with Crippen LogP contribution in [0.4, 0.5) is 0 Å². The summed E-state index contributed by atoms with van der Waals surface area (Å²) in [6, 6.07) is 7.58. The first-order valence-electron chi connectivity index (χ1n) is 10.4. The third-order valence-electron chi connectivity index (χ3n) is 5.36. The van der Waals surface area contributed by atoms with Gasteiger partial charge in [-0.1, -0.05) is 51.2 Å². The van der Waals surface area contributed by atoms with Crippen molar-refractivity contribution in [2.45, 2.75) is 70.0 Å². The minimum Gasteiger partial charge on any atom is -0.317 e. The topological polar surface area (TPSA) is 79.3 Å². The summed E-state index contributed by atoms with van der Waals surface area (Å²) >= 11 is 6.21. The van der Waals surface area contributed by atoms with Crippen molar-refractivity contribution in [3.8, 4) is 0 Å². The molecule has 29 heavy (non-hydrogen) atoms. The highest BCUT2D eigenvalue weighted by molar-refractivity contribution is 6.33. The highest BCUT2D eigenvalue weighted by Gasteiger charge is 2.46. The summed E-state index contributed by atoms with van der Waals surface area (Å²) in [7, 11) is 1.84. The molecule has 0 unspecified atom stereocenters. The molecule has 3 rings (SSSR count). The van der Waals surface area contributed by atoms with Crippen LogP contribution in [-0.4, -0.2) is 44.8 Å². The van der Waals surface area contributed by atoms with Gasteiger partial charge in [-0.15, -0.1) is 11.6 Å². The molecule has 158 valence electrons. The van der Waals surface area contributed by atoms with Crippen LogP contribution in [0.3, 0.4) is 0 Å². The van der Waals surface area contributed by atoms with Gasteiger partial charge in [-0.2, -0.15) is 0 Å². The Kier molecular flexibility index (Phi) is 7.50. The second-order valence-electron chi connectivity index (χ2n) is 7.55. The maximum absolute atomic E-state index is 12.7. The molecule has 1 aliphatic heterocycles. The normalized spacial score (nSPS) is 18.9. The summed E-state index contributed by atoms with van der Waals surface area (Å²) in [6.07, 6.45) is 6.55. The van der Waals surface area contributed by atoms with Crippen LogP contribution in [0.25, 0.3) is 11.0 Å². The monoisotopic (exact) mass is 419 g/mol. The number of rotatable bonds is 11. The lowest BCUT2D eigenvalue weighted by Gasteiger charge is -2.44. The first-order valence-corrected chi connectivity index (χ1v) is 10.9. The van der Waals surface area contributed by atoms with Gasteiger partial charge in [0.2, 0.25) is 0 Å². The predicted octanol–water partition coefficient (Wildman–Crippen LogP) is 2.97. The van der Waals surface area contributed by atoms with Crippen molar-refractivity contribution in [3.63, 3.8) is 0 Å². The van der Waals surface area contributed by atoms with Gasteiger partial charge in [0.1, 0.15) is 17.7 Å². The van der Waals surface area contributed by atoms with Crippen LogP contribution in [-0.2, 0) is 22.7 Å². The van der Waals surface area contributed by atoms with Crippen molar-refractivity contribution >= 4 is 34.4 Å². The Labute approximate surface area is 176 Å². The third-order valence-corrected chi connectivity index (χ3v) is 5.84. The molecule has 2 atom stereocenters. The van der Waals surface area contributed by atoms with E-state index in [2.05, 4.69) is 22.7 Å². The highest BCUT2D eigenvalue weighted by atomic mass is 35.5. The number of nitrogens with zero attached hydrogens (tertiary/aromatic N) is 3. The van der Waals surface area contributed by atoms with Crippen LogP contribution in [0, 0.1) is 0 Å². The maximum atomic E-state index is 12.7. The summed E-state index contributed by atoms with van der Waals surface area (Å²) in [5.74, 6) is 0.296. The first kappa shape index (κ1) is 21.6. The van der Waals surface area contributed by atoms with E-state index < -0.39 is 5.38 Å². The number of para-hydroxylation sites is 2. The van der Waals surface area contributed by atoms with Gasteiger partial charge in [0.15, 0.2) is 0 Å². The molecule has 0 radical (unpaired) electrons. The van der Waals surface area contributed by atoms with E-state index in [1.165, 1.54) is 24.3 Å². The Balaban J connectivity index is 1.62. The van der Waals surface area contributed by atoms with Crippen molar-refractivity contribution in [3.05, 3.63) is 30.1 Å². The summed E-state index contributed by atoms with van der Waals surface area (Å²) in [5.41, 5.74) is 4.50. The molecular weight excluding hydrogens is 390 g/mol. The number of nitrogens with one attached hydrogen (secondary N) is 2. The fourth-order valence-corrected chi connectivity index (χ4v) is 4.13. The first-order chi connectivity index (χ1) is 14.1. The smallest absolute Gasteiger partial charge is 0.261 e. The lowest BCUT2D eigenvalue weighted by atomic mass is 9.97. The number of benzene rings is 1. The summed E-state index contributed by atoms with van der Waals surface area (Å²) in [6.45, 7) is 2.83. The van der Waals surface area contributed by atoms with Gasteiger partial charge in [-0.05, 0) is 25.6 Å². The average molecular weight is 420 g/mol. The highest BCUT2D eigenvalue weighted by Crippen LogP contribution is 2.28. The lowest BCUT2D eigenvalue weighted by molar-refractivity contribution is -0.156. The molecule has 0 aliphatic carbocycles. The number of carbonyl (C=O) groups is 2. The quantitative estimate of drug-likeness (QED) is 0.333. The van der Waals surface area contributed by atoms with E-state index in [1.54, 1.807) is 0 Å². The zero-order valence-electron chi connectivity index (χ0n) is 17.2. The third kappa shape index (κ3) is 4.90. The van der Waals surface area contributed by atoms with Gasteiger partial charge in [-0.25, -0.2) is 9.99 Å². The molecule has 1 fully saturated rings. The number of unbranched alkanes of at least 4 members (excludes halogenated alkanes) is 4. The van der Waals surface area contributed by atoms with E-state index in [4.69, 9.17) is 11.6 Å². The summed E-state index contributed by atoms with van der Waals surface area (Å²) in [5, 5.41) is 3.95. The number of fused-ring (bicyclic) bond motifs is 1. The molecule has 1 saturated heterocycles. The zero-order valence-corrected chi connectivity index (χ0v) is 17.9. The van der Waals surface area contributed by atoms with Gasteiger partial charge in [0.05, 0.1) is 23.6 Å². The minimum atomic E-state index is -0.546. The molecule has 2 amide bonds. The molecule has 7 nitrogen and oxygen atoms in total. The Morgan fingerprint density at radius 2 is 1.97 bits per heavy atom. The van der Waals surface area contributed by atoms with Crippen LogP contribution in [0.5, 0.6) is 0 Å². The Morgan fingerprint density at radius 1 is 1.21 bits per heavy atom. The zero-order chi connectivity index (χ0) is 20.8. The fraction of sp³-hybridized carbons (Fsp3) is 0.571.